The number of ether oxygens (including phenoxy) is 1. The molecule has 24 heavy (non-hydrogen) atoms. The van der Waals surface area contributed by atoms with E-state index in [4.69, 9.17) is 4.74 Å². The van der Waals surface area contributed by atoms with Gasteiger partial charge in [0.05, 0.1) is 6.61 Å². The number of hydrogen-bond acceptors (Lipinski definition) is 9. The van der Waals surface area contributed by atoms with Gasteiger partial charge in [0.25, 0.3) is 0 Å². The molecule has 0 radical (unpaired) electrons. The third-order valence-electron chi connectivity index (χ3n) is 3.89. The summed E-state index contributed by atoms with van der Waals surface area (Å²) in [5.41, 5.74) is 1.45. The molecule has 6 nitrogen and oxygen atoms in total. The maximum atomic E-state index is 5.03. The lowest BCUT2D eigenvalue weighted by molar-refractivity contribution is 0.211. The molecule has 3 aromatic heterocycles. The lowest BCUT2D eigenvalue weighted by Crippen LogP contribution is -2.06. The van der Waals surface area contributed by atoms with Crippen LogP contribution in [0.4, 0.5) is 5.13 Å². The Kier molecular flexibility index (Phi) is 4.93. The summed E-state index contributed by atoms with van der Waals surface area (Å²) in [6.07, 6.45) is 6.50. The first-order chi connectivity index (χ1) is 11.8. The number of thiophene rings is 1. The van der Waals surface area contributed by atoms with Crippen molar-refractivity contribution in [1.82, 2.24) is 20.2 Å². The van der Waals surface area contributed by atoms with E-state index in [0.29, 0.717) is 6.61 Å². The maximum absolute atomic E-state index is 5.03. The van der Waals surface area contributed by atoms with Crippen molar-refractivity contribution in [3.05, 3.63) is 16.8 Å². The van der Waals surface area contributed by atoms with Crippen LogP contribution in [0.25, 0.3) is 10.2 Å². The second-order valence-electron chi connectivity index (χ2n) is 5.46. The van der Waals surface area contributed by atoms with Gasteiger partial charge < -0.3 is 10.1 Å². The summed E-state index contributed by atoms with van der Waals surface area (Å²) in [5, 5.41) is 14.7. The van der Waals surface area contributed by atoms with Crippen LogP contribution in [-0.2, 0) is 17.6 Å². The van der Waals surface area contributed by atoms with Gasteiger partial charge in [0, 0.05) is 23.9 Å². The van der Waals surface area contributed by atoms with E-state index in [1.807, 2.05) is 11.3 Å². The highest BCUT2D eigenvalue weighted by Gasteiger charge is 2.21. The number of hydrogen-bond donors (Lipinski definition) is 1. The molecule has 0 saturated carbocycles. The van der Waals surface area contributed by atoms with Crippen LogP contribution in [0.3, 0.4) is 0 Å². The minimum atomic E-state index is 0.648. The average Bonchev–Trinajstić information content (AvgIpc) is 3.19. The maximum Gasteiger partial charge on any atom is 0.206 e. The van der Waals surface area contributed by atoms with Crippen molar-refractivity contribution in [2.24, 2.45) is 0 Å². The molecule has 0 aromatic carbocycles. The van der Waals surface area contributed by atoms with Gasteiger partial charge in [0.1, 0.15) is 16.2 Å². The van der Waals surface area contributed by atoms with E-state index in [-0.39, 0.29) is 0 Å². The Balaban J connectivity index is 1.59. The molecule has 4 rings (SSSR count). The lowest BCUT2D eigenvalue weighted by Gasteiger charge is -2.10. The van der Waals surface area contributed by atoms with Gasteiger partial charge in [0.2, 0.25) is 5.13 Å². The number of fused-ring (bicyclic) bond motifs is 3. The first-order valence-electron chi connectivity index (χ1n) is 7.84. The van der Waals surface area contributed by atoms with Crippen molar-refractivity contribution in [2.75, 3.05) is 25.6 Å². The standard InChI is InChI=1S/C15H17N5OS3/c1-21-7-6-16-14-19-20-15(24-14)23-13-11-9-4-2-3-5-10(9)22-12(11)17-8-18-13/h8H,2-7H2,1H3,(H,16,19). The summed E-state index contributed by atoms with van der Waals surface area (Å²) in [4.78, 5) is 11.6. The summed E-state index contributed by atoms with van der Waals surface area (Å²) in [6.45, 7) is 1.38. The van der Waals surface area contributed by atoms with Crippen LogP contribution >= 0.6 is 34.4 Å². The van der Waals surface area contributed by atoms with Crippen LogP contribution < -0.4 is 5.32 Å². The predicted molar refractivity (Wildman–Crippen MR) is 98.5 cm³/mol. The van der Waals surface area contributed by atoms with E-state index >= 15 is 0 Å². The number of aryl methyl sites for hydroxylation is 2. The van der Waals surface area contributed by atoms with Gasteiger partial charge in [-0.15, -0.1) is 21.5 Å². The molecule has 126 valence electrons. The molecular formula is C15H17N5OS3. The number of nitrogens with one attached hydrogen (secondary N) is 1. The van der Waals surface area contributed by atoms with E-state index in [0.717, 1.165) is 32.3 Å². The van der Waals surface area contributed by atoms with E-state index < -0.39 is 0 Å². The van der Waals surface area contributed by atoms with Gasteiger partial charge in [-0.25, -0.2) is 9.97 Å². The molecule has 9 heteroatoms. The van der Waals surface area contributed by atoms with Gasteiger partial charge in [-0.1, -0.05) is 11.3 Å². The van der Waals surface area contributed by atoms with Crippen molar-refractivity contribution in [3.63, 3.8) is 0 Å². The third-order valence-corrected chi connectivity index (χ3v) is 7.02. The SMILES string of the molecule is COCCNc1nnc(Sc2ncnc3sc4c(c23)CCCC4)s1. The Labute approximate surface area is 152 Å². The molecule has 0 atom stereocenters. The molecule has 0 bridgehead atoms. The molecule has 3 heterocycles. The highest BCUT2D eigenvalue weighted by Crippen LogP contribution is 2.41. The molecule has 0 spiro atoms. The van der Waals surface area contributed by atoms with Crippen molar-refractivity contribution in [2.45, 2.75) is 35.0 Å². The fraction of sp³-hybridized carbons (Fsp3) is 0.467. The van der Waals surface area contributed by atoms with E-state index in [9.17, 15) is 0 Å². The fourth-order valence-electron chi connectivity index (χ4n) is 2.80. The Morgan fingerprint density at radius 2 is 2.12 bits per heavy atom. The molecule has 0 saturated heterocycles. The minimum absolute atomic E-state index is 0.648. The topological polar surface area (TPSA) is 72.8 Å². The Morgan fingerprint density at radius 1 is 1.21 bits per heavy atom. The summed E-state index contributed by atoms with van der Waals surface area (Å²) in [6, 6.07) is 0. The summed E-state index contributed by atoms with van der Waals surface area (Å²) in [5.74, 6) is 0. The normalized spacial score (nSPS) is 14.0. The molecule has 0 fully saturated rings. The van der Waals surface area contributed by atoms with Crippen LogP contribution in [-0.4, -0.2) is 40.4 Å². The molecule has 3 aromatic rings. The van der Waals surface area contributed by atoms with Crippen molar-refractivity contribution in [3.8, 4) is 0 Å². The smallest absolute Gasteiger partial charge is 0.206 e. The molecule has 0 aliphatic heterocycles. The number of methoxy groups -OCH3 is 1. The second kappa shape index (κ2) is 7.30. The summed E-state index contributed by atoms with van der Waals surface area (Å²) < 4.78 is 5.93. The second-order valence-corrected chi connectivity index (χ2v) is 8.76. The highest BCUT2D eigenvalue weighted by molar-refractivity contribution is 8.01. The van der Waals surface area contributed by atoms with Crippen LogP contribution in [0.2, 0.25) is 0 Å². The van der Waals surface area contributed by atoms with Gasteiger partial charge in [-0.3, -0.25) is 0 Å². The van der Waals surface area contributed by atoms with Crippen LogP contribution in [0.1, 0.15) is 23.3 Å². The van der Waals surface area contributed by atoms with Gasteiger partial charge >= 0.3 is 0 Å². The molecule has 1 N–H and O–H groups in total. The zero-order chi connectivity index (χ0) is 16.4. The molecule has 0 unspecified atom stereocenters. The number of aromatic nitrogens is 4. The van der Waals surface area contributed by atoms with Gasteiger partial charge in [-0.2, -0.15) is 0 Å². The lowest BCUT2D eigenvalue weighted by atomic mass is 9.97. The Morgan fingerprint density at radius 3 is 3.04 bits per heavy atom. The largest absolute Gasteiger partial charge is 0.383 e. The highest BCUT2D eigenvalue weighted by atomic mass is 32.2. The Hall–Kier alpha value is -1.29. The van der Waals surface area contributed by atoms with Gasteiger partial charge in [-0.05, 0) is 43.0 Å². The number of anilines is 1. The molecule has 0 amide bonds. The van der Waals surface area contributed by atoms with Crippen molar-refractivity contribution < 1.29 is 4.74 Å². The van der Waals surface area contributed by atoms with Crippen LogP contribution in [0, 0.1) is 0 Å². The monoisotopic (exact) mass is 379 g/mol. The van der Waals surface area contributed by atoms with E-state index in [1.54, 1.807) is 36.5 Å². The minimum Gasteiger partial charge on any atom is -0.383 e. The molecule has 1 aliphatic rings. The van der Waals surface area contributed by atoms with Crippen molar-refractivity contribution in [1.29, 1.82) is 0 Å². The summed E-state index contributed by atoms with van der Waals surface area (Å²) >= 11 is 4.95. The van der Waals surface area contributed by atoms with Crippen molar-refractivity contribution >= 4 is 49.8 Å². The first kappa shape index (κ1) is 16.2. The fourth-order valence-corrected chi connectivity index (χ4v) is 5.91. The quantitative estimate of drug-likeness (QED) is 0.518. The van der Waals surface area contributed by atoms with E-state index in [1.165, 1.54) is 35.1 Å². The predicted octanol–water partition coefficient (Wildman–Crippen LogP) is 3.63. The number of nitrogens with zero attached hydrogens (tertiary/aromatic N) is 4. The molecular weight excluding hydrogens is 362 g/mol. The summed E-state index contributed by atoms with van der Waals surface area (Å²) in [7, 11) is 1.69. The first-order valence-corrected chi connectivity index (χ1v) is 10.3. The zero-order valence-electron chi connectivity index (χ0n) is 13.2. The van der Waals surface area contributed by atoms with E-state index in [2.05, 4.69) is 25.5 Å². The zero-order valence-corrected chi connectivity index (χ0v) is 15.7. The Bertz CT molecular complexity index is 847. The van der Waals surface area contributed by atoms with Crippen LogP contribution in [0.15, 0.2) is 15.7 Å². The van der Waals surface area contributed by atoms with Gasteiger partial charge in [0.15, 0.2) is 4.34 Å². The van der Waals surface area contributed by atoms with Crippen LogP contribution in [0.5, 0.6) is 0 Å². The third kappa shape index (κ3) is 3.26. The molecule has 1 aliphatic carbocycles. The number of rotatable bonds is 6. The average molecular weight is 380 g/mol.